The van der Waals surface area contributed by atoms with Crippen LogP contribution in [0.4, 0.5) is 0 Å². The molecule has 0 amide bonds. The lowest BCUT2D eigenvalue weighted by molar-refractivity contribution is -0.350. The summed E-state index contributed by atoms with van der Waals surface area (Å²) in [6.07, 6.45) is -21.4. The van der Waals surface area contributed by atoms with E-state index in [0.717, 1.165) is 0 Å². The smallest absolute Gasteiger partial charge is 0.335 e. The minimum absolute atomic E-state index is 0.564. The molecule has 10 unspecified atom stereocenters. The monoisotopic (exact) mass is 514 g/mol. The maximum atomic E-state index is 11.2. The van der Waals surface area contributed by atoms with Crippen molar-refractivity contribution in [2.45, 2.75) is 106 Å². The Labute approximate surface area is 200 Å². The van der Waals surface area contributed by atoms with Crippen molar-refractivity contribution >= 4 is 5.97 Å². The van der Waals surface area contributed by atoms with E-state index in [4.69, 9.17) is 33.5 Å². The first-order chi connectivity index (χ1) is 16.4. The lowest BCUT2D eigenvalue weighted by atomic mass is 9.95. The van der Waals surface area contributed by atoms with Crippen molar-refractivity contribution < 1.29 is 74.1 Å². The van der Waals surface area contributed by atoms with Crippen molar-refractivity contribution in [1.82, 2.24) is 0 Å². The van der Waals surface area contributed by atoms with Gasteiger partial charge in [-0.15, -0.1) is 0 Å². The first-order valence-electron chi connectivity index (χ1n) is 11.1. The second-order valence-corrected chi connectivity index (χ2v) is 8.92. The minimum Gasteiger partial charge on any atom is -0.479 e. The van der Waals surface area contributed by atoms with Crippen LogP contribution >= 0.6 is 0 Å². The molecule has 15 heteroatoms. The molecular weight excluding hydrogens is 480 g/mol. The summed E-state index contributed by atoms with van der Waals surface area (Å²) >= 11 is 0. The van der Waals surface area contributed by atoms with Crippen LogP contribution in [0, 0.1) is 0 Å². The van der Waals surface area contributed by atoms with E-state index < -0.39 is 105 Å². The van der Waals surface area contributed by atoms with Crippen molar-refractivity contribution in [2.24, 2.45) is 0 Å². The maximum absolute atomic E-state index is 11.2. The molecule has 0 saturated carbocycles. The molecule has 3 rings (SSSR count). The number of hydrogen-bond acceptors (Lipinski definition) is 14. The highest BCUT2D eigenvalue weighted by atomic mass is 16.7. The molecule has 8 N–H and O–H groups in total. The molecule has 0 aliphatic carbocycles. The fraction of sp³-hybridized carbons (Fsp3) is 0.950. The Kier molecular flexibility index (Phi) is 9.42. The van der Waals surface area contributed by atoms with Gasteiger partial charge in [0, 0.05) is 7.11 Å². The van der Waals surface area contributed by atoms with Crippen LogP contribution in [0.15, 0.2) is 0 Å². The van der Waals surface area contributed by atoms with Gasteiger partial charge in [0.2, 0.25) is 0 Å². The summed E-state index contributed by atoms with van der Waals surface area (Å²) in [6.45, 7) is 2.70. The molecule has 204 valence electrons. The molecule has 0 aromatic heterocycles. The molecular formula is C20H34O15. The van der Waals surface area contributed by atoms with Crippen LogP contribution in [-0.2, 0) is 33.2 Å². The Morgan fingerprint density at radius 2 is 1.31 bits per heavy atom. The summed E-state index contributed by atoms with van der Waals surface area (Å²) in [7, 11) is 1.35. The molecule has 0 aromatic carbocycles. The molecule has 3 heterocycles. The van der Waals surface area contributed by atoms with E-state index in [1.54, 1.807) is 13.8 Å². The van der Waals surface area contributed by atoms with Gasteiger partial charge in [-0.1, -0.05) is 0 Å². The Bertz CT molecular complexity index is 710. The standard InChI is InChI=1S/C20H34O15/c1-5-8(21)16(30-3)15(6(2)32-5)34-20-14(27)10(23)9(22)7(33-20)4-31-19-13(26)11(24)12(25)17(35-19)18(28)29/h5-17,19-27H,4H2,1-3H3,(H,28,29)/t5?,6?,7?,8-,9+,10?,11?,12-,13?,14?,15?,16?,17?,19-,20+/m0/s1. The van der Waals surface area contributed by atoms with Crippen LogP contribution in [0.1, 0.15) is 13.8 Å². The lowest BCUT2D eigenvalue weighted by Gasteiger charge is -2.46. The molecule has 0 spiro atoms. The SMILES string of the molecule is COC1C(O[C@H]2OC(CO[C@H]3OC(C(=O)O)[C@@H](O)C(O)C3O)[C@@H](O)C(O)C2O)C(C)OC(C)[C@@H]1O. The van der Waals surface area contributed by atoms with Crippen molar-refractivity contribution in [3.05, 3.63) is 0 Å². The molecule has 35 heavy (non-hydrogen) atoms. The number of rotatable bonds is 7. The molecule has 3 aliphatic heterocycles. The van der Waals surface area contributed by atoms with Crippen molar-refractivity contribution in [2.75, 3.05) is 13.7 Å². The quantitative estimate of drug-likeness (QED) is 0.159. The highest BCUT2D eigenvalue weighted by molar-refractivity contribution is 5.73. The predicted octanol–water partition coefficient (Wildman–Crippen LogP) is -4.73. The average Bonchev–Trinajstić information content (AvgIpc) is 2.81. The van der Waals surface area contributed by atoms with Gasteiger partial charge in [0.25, 0.3) is 0 Å². The minimum atomic E-state index is -1.92. The van der Waals surface area contributed by atoms with Crippen LogP contribution in [0.5, 0.6) is 0 Å². The maximum Gasteiger partial charge on any atom is 0.335 e. The van der Waals surface area contributed by atoms with Crippen LogP contribution in [0.25, 0.3) is 0 Å². The van der Waals surface area contributed by atoms with Gasteiger partial charge in [0.15, 0.2) is 18.7 Å². The van der Waals surface area contributed by atoms with Gasteiger partial charge < -0.3 is 69.3 Å². The zero-order valence-electron chi connectivity index (χ0n) is 19.3. The Balaban J connectivity index is 1.68. The zero-order chi connectivity index (χ0) is 26.2. The summed E-state index contributed by atoms with van der Waals surface area (Å²) in [5.74, 6) is -1.61. The van der Waals surface area contributed by atoms with E-state index in [2.05, 4.69) is 0 Å². The average molecular weight is 514 g/mol. The van der Waals surface area contributed by atoms with Crippen molar-refractivity contribution in [1.29, 1.82) is 0 Å². The zero-order valence-corrected chi connectivity index (χ0v) is 19.3. The Hall–Kier alpha value is -1.05. The fourth-order valence-corrected chi connectivity index (χ4v) is 4.39. The summed E-state index contributed by atoms with van der Waals surface area (Å²) in [6, 6.07) is 0. The van der Waals surface area contributed by atoms with Gasteiger partial charge in [-0.25, -0.2) is 4.79 Å². The molecule has 3 aliphatic rings. The van der Waals surface area contributed by atoms with Crippen LogP contribution in [-0.4, -0.2) is 152 Å². The second-order valence-electron chi connectivity index (χ2n) is 8.92. The molecule has 0 aromatic rings. The predicted molar refractivity (Wildman–Crippen MR) is 109 cm³/mol. The van der Waals surface area contributed by atoms with E-state index in [1.807, 2.05) is 0 Å². The Morgan fingerprint density at radius 1 is 0.714 bits per heavy atom. The highest BCUT2D eigenvalue weighted by Crippen LogP contribution is 2.31. The number of carboxylic acids is 1. The number of aliphatic carboxylic acids is 1. The third kappa shape index (κ3) is 5.77. The van der Waals surface area contributed by atoms with Gasteiger partial charge in [-0.2, -0.15) is 0 Å². The van der Waals surface area contributed by atoms with Crippen LogP contribution in [0.2, 0.25) is 0 Å². The summed E-state index contributed by atoms with van der Waals surface area (Å²) in [4.78, 5) is 11.2. The fourth-order valence-electron chi connectivity index (χ4n) is 4.39. The summed E-state index contributed by atoms with van der Waals surface area (Å²) in [5.41, 5.74) is 0. The molecule has 15 atom stereocenters. The first kappa shape index (κ1) is 28.5. The van der Waals surface area contributed by atoms with Gasteiger partial charge in [0.1, 0.15) is 61.0 Å². The lowest BCUT2D eigenvalue weighted by Crippen LogP contribution is -2.64. The van der Waals surface area contributed by atoms with Crippen molar-refractivity contribution in [3.8, 4) is 0 Å². The van der Waals surface area contributed by atoms with Gasteiger partial charge in [-0.3, -0.25) is 0 Å². The number of carboxylic acid groups (broad SMARTS) is 1. The topological polar surface area (TPSA) is 234 Å². The normalized spacial score (nSPS) is 51.2. The van der Waals surface area contributed by atoms with Crippen LogP contribution < -0.4 is 0 Å². The third-order valence-corrected chi connectivity index (χ3v) is 6.50. The van der Waals surface area contributed by atoms with E-state index in [-0.39, 0.29) is 0 Å². The molecule has 0 radical (unpaired) electrons. The second kappa shape index (κ2) is 11.6. The number of ether oxygens (including phenoxy) is 6. The van der Waals surface area contributed by atoms with E-state index in [1.165, 1.54) is 7.11 Å². The van der Waals surface area contributed by atoms with Crippen molar-refractivity contribution in [3.63, 3.8) is 0 Å². The van der Waals surface area contributed by atoms with E-state index in [9.17, 15) is 40.5 Å². The number of methoxy groups -OCH3 is 1. The first-order valence-corrected chi connectivity index (χ1v) is 11.1. The van der Waals surface area contributed by atoms with Gasteiger partial charge >= 0.3 is 5.97 Å². The molecule has 3 fully saturated rings. The number of carbonyl (C=O) groups is 1. The summed E-state index contributed by atoms with van der Waals surface area (Å²) < 4.78 is 32.6. The largest absolute Gasteiger partial charge is 0.479 e. The van der Waals surface area contributed by atoms with Gasteiger partial charge in [-0.05, 0) is 13.8 Å². The number of aliphatic hydroxyl groups excluding tert-OH is 7. The number of hydrogen-bond donors (Lipinski definition) is 8. The highest BCUT2D eigenvalue weighted by Gasteiger charge is 2.51. The molecule has 0 bridgehead atoms. The summed E-state index contributed by atoms with van der Waals surface area (Å²) in [5, 5.41) is 80.3. The van der Waals surface area contributed by atoms with E-state index >= 15 is 0 Å². The van der Waals surface area contributed by atoms with Gasteiger partial charge in [0.05, 0.1) is 18.8 Å². The third-order valence-electron chi connectivity index (χ3n) is 6.50. The van der Waals surface area contributed by atoms with Crippen LogP contribution in [0.3, 0.4) is 0 Å². The molecule has 15 nitrogen and oxygen atoms in total. The van der Waals surface area contributed by atoms with E-state index in [0.29, 0.717) is 0 Å². The Morgan fingerprint density at radius 3 is 1.91 bits per heavy atom. The molecule has 3 saturated heterocycles. The number of aliphatic hydroxyl groups is 7.